The number of rotatable bonds is 7. The van der Waals surface area contributed by atoms with Crippen LogP contribution in [0.1, 0.15) is 29.8 Å². The molecular formula is C17H21N3O. The van der Waals surface area contributed by atoms with E-state index in [2.05, 4.69) is 15.3 Å². The van der Waals surface area contributed by atoms with E-state index in [-0.39, 0.29) is 0 Å². The molecule has 0 radical (unpaired) electrons. The van der Waals surface area contributed by atoms with E-state index in [1.54, 1.807) is 0 Å². The SMILES string of the molecule is Cc1ccc(OCCc2ccncc2)c(CNC2CC2)n1. The Hall–Kier alpha value is -1.94. The predicted octanol–water partition coefficient (Wildman–Crippen LogP) is 2.66. The van der Waals surface area contributed by atoms with Crippen LogP contribution in [0.3, 0.4) is 0 Å². The number of aryl methyl sites for hydroxylation is 1. The number of nitrogens with one attached hydrogen (secondary N) is 1. The van der Waals surface area contributed by atoms with Crippen LogP contribution >= 0.6 is 0 Å². The van der Waals surface area contributed by atoms with Gasteiger partial charge in [-0.1, -0.05) is 0 Å². The second-order valence-corrected chi connectivity index (χ2v) is 5.51. The molecule has 1 N–H and O–H groups in total. The lowest BCUT2D eigenvalue weighted by Gasteiger charge is -2.12. The third kappa shape index (κ3) is 4.26. The number of ether oxygens (including phenoxy) is 1. The fourth-order valence-corrected chi connectivity index (χ4v) is 2.21. The molecule has 3 rings (SSSR count). The minimum absolute atomic E-state index is 0.658. The van der Waals surface area contributed by atoms with Crippen molar-refractivity contribution >= 4 is 0 Å². The zero-order chi connectivity index (χ0) is 14.5. The van der Waals surface area contributed by atoms with Crippen molar-refractivity contribution in [3.8, 4) is 5.75 Å². The molecular weight excluding hydrogens is 262 g/mol. The largest absolute Gasteiger partial charge is 0.491 e. The summed E-state index contributed by atoms with van der Waals surface area (Å²) in [5.41, 5.74) is 3.28. The Kier molecular flexibility index (Phi) is 4.46. The van der Waals surface area contributed by atoms with Crippen LogP contribution in [0.2, 0.25) is 0 Å². The van der Waals surface area contributed by atoms with E-state index in [0.717, 1.165) is 30.1 Å². The maximum atomic E-state index is 5.93. The smallest absolute Gasteiger partial charge is 0.142 e. The quantitative estimate of drug-likeness (QED) is 0.848. The van der Waals surface area contributed by atoms with Gasteiger partial charge in [-0.2, -0.15) is 0 Å². The first-order chi connectivity index (χ1) is 10.3. The fourth-order valence-electron chi connectivity index (χ4n) is 2.21. The monoisotopic (exact) mass is 283 g/mol. The Balaban J connectivity index is 1.58. The molecule has 1 aliphatic rings. The standard InChI is InChI=1S/C17H21N3O/c1-13-2-5-17(16(20-13)12-19-15-3-4-15)21-11-8-14-6-9-18-10-7-14/h2,5-7,9-10,15,19H,3-4,8,11-12H2,1H3. The number of hydrogen-bond acceptors (Lipinski definition) is 4. The molecule has 0 aliphatic heterocycles. The Labute approximate surface area is 125 Å². The van der Waals surface area contributed by atoms with Crippen LogP contribution in [0.15, 0.2) is 36.7 Å². The van der Waals surface area contributed by atoms with E-state index in [9.17, 15) is 0 Å². The summed E-state index contributed by atoms with van der Waals surface area (Å²) in [6.07, 6.45) is 7.07. The van der Waals surface area contributed by atoms with Gasteiger partial charge in [0.15, 0.2) is 0 Å². The molecule has 4 heteroatoms. The topological polar surface area (TPSA) is 47.0 Å². The zero-order valence-corrected chi connectivity index (χ0v) is 12.4. The average molecular weight is 283 g/mol. The van der Waals surface area contributed by atoms with Gasteiger partial charge in [0.1, 0.15) is 5.75 Å². The molecule has 0 spiro atoms. The molecule has 2 heterocycles. The summed E-state index contributed by atoms with van der Waals surface area (Å²) in [6, 6.07) is 8.75. The summed E-state index contributed by atoms with van der Waals surface area (Å²) in [5, 5.41) is 3.50. The van der Waals surface area contributed by atoms with Crippen LogP contribution in [0.25, 0.3) is 0 Å². The Morgan fingerprint density at radius 1 is 1.19 bits per heavy atom. The summed E-state index contributed by atoms with van der Waals surface area (Å²) in [6.45, 7) is 3.46. The predicted molar refractivity (Wildman–Crippen MR) is 82.3 cm³/mol. The molecule has 2 aromatic rings. The van der Waals surface area contributed by atoms with E-state index >= 15 is 0 Å². The Bertz CT molecular complexity index is 582. The van der Waals surface area contributed by atoms with Crippen molar-refractivity contribution in [1.29, 1.82) is 0 Å². The zero-order valence-electron chi connectivity index (χ0n) is 12.4. The number of hydrogen-bond donors (Lipinski definition) is 1. The van der Waals surface area contributed by atoms with Crippen LogP contribution in [0, 0.1) is 6.92 Å². The highest BCUT2D eigenvalue weighted by molar-refractivity contribution is 5.29. The van der Waals surface area contributed by atoms with Crippen LogP contribution in [-0.2, 0) is 13.0 Å². The molecule has 1 saturated carbocycles. The van der Waals surface area contributed by atoms with Gasteiger partial charge in [-0.05, 0) is 49.6 Å². The first-order valence-corrected chi connectivity index (χ1v) is 7.53. The van der Waals surface area contributed by atoms with Gasteiger partial charge in [0.05, 0.1) is 12.3 Å². The van der Waals surface area contributed by atoms with Crippen molar-refractivity contribution in [3.05, 3.63) is 53.6 Å². The number of pyridine rings is 2. The summed E-state index contributed by atoms with van der Waals surface area (Å²) in [4.78, 5) is 8.62. The molecule has 0 aromatic carbocycles. The molecule has 2 aromatic heterocycles. The molecule has 1 fully saturated rings. The van der Waals surface area contributed by atoms with E-state index in [1.165, 1.54) is 18.4 Å². The summed E-state index contributed by atoms with van der Waals surface area (Å²) in [7, 11) is 0. The van der Waals surface area contributed by atoms with E-state index < -0.39 is 0 Å². The van der Waals surface area contributed by atoms with Gasteiger partial charge in [-0.15, -0.1) is 0 Å². The molecule has 0 saturated heterocycles. The lowest BCUT2D eigenvalue weighted by atomic mass is 10.2. The van der Waals surface area contributed by atoms with Crippen LogP contribution in [0.5, 0.6) is 5.75 Å². The van der Waals surface area contributed by atoms with Gasteiger partial charge < -0.3 is 10.1 Å². The second kappa shape index (κ2) is 6.68. The van der Waals surface area contributed by atoms with E-state index in [0.29, 0.717) is 12.6 Å². The average Bonchev–Trinajstić information content (AvgIpc) is 3.32. The third-order valence-electron chi connectivity index (χ3n) is 3.60. The van der Waals surface area contributed by atoms with E-state index in [4.69, 9.17) is 4.74 Å². The Morgan fingerprint density at radius 2 is 2.00 bits per heavy atom. The number of nitrogens with zero attached hydrogens (tertiary/aromatic N) is 2. The van der Waals surface area contributed by atoms with Crippen molar-refractivity contribution in [2.45, 2.75) is 38.8 Å². The highest BCUT2D eigenvalue weighted by Gasteiger charge is 2.21. The fraction of sp³-hybridized carbons (Fsp3) is 0.412. The molecule has 4 nitrogen and oxygen atoms in total. The van der Waals surface area contributed by atoms with Gasteiger partial charge in [0.2, 0.25) is 0 Å². The summed E-state index contributed by atoms with van der Waals surface area (Å²) >= 11 is 0. The lowest BCUT2D eigenvalue weighted by molar-refractivity contribution is 0.315. The third-order valence-corrected chi connectivity index (χ3v) is 3.60. The second-order valence-electron chi connectivity index (χ2n) is 5.51. The summed E-state index contributed by atoms with van der Waals surface area (Å²) in [5.74, 6) is 0.891. The van der Waals surface area contributed by atoms with Crippen LogP contribution in [0.4, 0.5) is 0 Å². The normalized spacial score (nSPS) is 14.1. The van der Waals surface area contributed by atoms with Crippen molar-refractivity contribution in [3.63, 3.8) is 0 Å². The molecule has 0 amide bonds. The van der Waals surface area contributed by atoms with Crippen LogP contribution < -0.4 is 10.1 Å². The minimum Gasteiger partial charge on any atom is -0.491 e. The van der Waals surface area contributed by atoms with Gasteiger partial charge in [0.25, 0.3) is 0 Å². The van der Waals surface area contributed by atoms with Crippen molar-refractivity contribution in [2.24, 2.45) is 0 Å². The highest BCUT2D eigenvalue weighted by Crippen LogP contribution is 2.22. The highest BCUT2D eigenvalue weighted by atomic mass is 16.5. The molecule has 21 heavy (non-hydrogen) atoms. The minimum atomic E-state index is 0.658. The van der Waals surface area contributed by atoms with Gasteiger partial charge in [0, 0.05) is 37.1 Å². The van der Waals surface area contributed by atoms with E-state index in [1.807, 2.05) is 43.6 Å². The Morgan fingerprint density at radius 3 is 2.76 bits per heavy atom. The molecule has 1 aliphatic carbocycles. The lowest BCUT2D eigenvalue weighted by Crippen LogP contribution is -2.17. The molecule has 0 bridgehead atoms. The van der Waals surface area contributed by atoms with Crippen molar-refractivity contribution < 1.29 is 4.74 Å². The molecule has 0 atom stereocenters. The first kappa shape index (κ1) is 14.0. The number of aromatic nitrogens is 2. The van der Waals surface area contributed by atoms with Crippen molar-refractivity contribution in [2.75, 3.05) is 6.61 Å². The van der Waals surface area contributed by atoms with Gasteiger partial charge >= 0.3 is 0 Å². The van der Waals surface area contributed by atoms with Crippen LogP contribution in [-0.4, -0.2) is 22.6 Å². The first-order valence-electron chi connectivity index (χ1n) is 7.53. The van der Waals surface area contributed by atoms with Crippen molar-refractivity contribution in [1.82, 2.24) is 15.3 Å². The molecule has 110 valence electrons. The maximum Gasteiger partial charge on any atom is 0.142 e. The molecule has 0 unspecified atom stereocenters. The maximum absolute atomic E-state index is 5.93. The van der Waals surface area contributed by atoms with Gasteiger partial charge in [-0.3, -0.25) is 9.97 Å². The summed E-state index contributed by atoms with van der Waals surface area (Å²) < 4.78 is 5.93. The van der Waals surface area contributed by atoms with Gasteiger partial charge in [-0.25, -0.2) is 0 Å².